The SMILES string of the molecule is CCCCCCCCCCCCCCCCCCCCCCC1=NC(C)(C)CO1. The summed E-state index contributed by atoms with van der Waals surface area (Å²) in [6, 6.07) is 0. The van der Waals surface area contributed by atoms with Gasteiger partial charge < -0.3 is 4.74 Å². The van der Waals surface area contributed by atoms with E-state index in [1.54, 1.807) is 0 Å². The second-order valence-corrected chi connectivity index (χ2v) is 10.1. The minimum atomic E-state index is 0.0168. The molecule has 0 amide bonds. The van der Waals surface area contributed by atoms with E-state index >= 15 is 0 Å². The molecule has 0 atom stereocenters. The highest BCUT2D eigenvalue weighted by atomic mass is 16.5. The summed E-state index contributed by atoms with van der Waals surface area (Å²) >= 11 is 0. The first-order valence-corrected chi connectivity index (χ1v) is 13.4. The van der Waals surface area contributed by atoms with E-state index in [2.05, 4.69) is 25.8 Å². The predicted molar refractivity (Wildman–Crippen MR) is 130 cm³/mol. The normalized spacial score (nSPS) is 15.5. The molecule has 0 radical (unpaired) electrons. The minimum Gasteiger partial charge on any atom is -0.478 e. The van der Waals surface area contributed by atoms with Gasteiger partial charge >= 0.3 is 0 Å². The molecule has 0 saturated carbocycles. The van der Waals surface area contributed by atoms with Crippen LogP contribution >= 0.6 is 0 Å². The third-order valence-electron chi connectivity index (χ3n) is 6.26. The molecule has 1 aliphatic heterocycles. The number of rotatable bonds is 21. The van der Waals surface area contributed by atoms with Gasteiger partial charge in [-0.15, -0.1) is 0 Å². The van der Waals surface area contributed by atoms with Gasteiger partial charge in [-0.05, 0) is 20.3 Å². The van der Waals surface area contributed by atoms with E-state index in [9.17, 15) is 0 Å². The molecule has 29 heavy (non-hydrogen) atoms. The Bertz CT molecular complexity index is 388. The number of aliphatic imine (C=N–C) groups is 1. The average molecular weight is 408 g/mol. The van der Waals surface area contributed by atoms with Crippen LogP contribution in [-0.2, 0) is 4.74 Å². The van der Waals surface area contributed by atoms with Crippen LogP contribution in [0.1, 0.15) is 156 Å². The summed E-state index contributed by atoms with van der Waals surface area (Å²) in [5, 5.41) is 0. The van der Waals surface area contributed by atoms with E-state index in [1.165, 1.54) is 128 Å². The highest BCUT2D eigenvalue weighted by Crippen LogP contribution is 2.20. The summed E-state index contributed by atoms with van der Waals surface area (Å²) in [5.41, 5.74) is 0.0168. The lowest BCUT2D eigenvalue weighted by molar-refractivity contribution is 0.273. The zero-order valence-corrected chi connectivity index (χ0v) is 20.4. The molecule has 0 aromatic carbocycles. The first-order chi connectivity index (χ1) is 14.1. The maximum absolute atomic E-state index is 5.66. The smallest absolute Gasteiger partial charge is 0.183 e. The molecule has 0 spiro atoms. The average Bonchev–Trinajstić information content (AvgIpc) is 3.05. The highest BCUT2D eigenvalue weighted by Gasteiger charge is 2.25. The summed E-state index contributed by atoms with van der Waals surface area (Å²) in [7, 11) is 0. The molecule has 0 aromatic heterocycles. The summed E-state index contributed by atoms with van der Waals surface area (Å²) in [6.45, 7) is 7.36. The van der Waals surface area contributed by atoms with Gasteiger partial charge in [0, 0.05) is 6.42 Å². The van der Waals surface area contributed by atoms with Crippen LogP contribution in [-0.4, -0.2) is 18.0 Å². The van der Waals surface area contributed by atoms with Crippen LogP contribution in [0.3, 0.4) is 0 Å². The van der Waals surface area contributed by atoms with E-state index in [0.29, 0.717) is 0 Å². The van der Waals surface area contributed by atoms with E-state index in [4.69, 9.17) is 4.74 Å². The van der Waals surface area contributed by atoms with E-state index in [0.717, 1.165) is 18.9 Å². The Morgan fingerprint density at radius 1 is 0.586 bits per heavy atom. The number of unbranched alkanes of at least 4 members (excludes halogenated alkanes) is 19. The topological polar surface area (TPSA) is 21.6 Å². The van der Waals surface area contributed by atoms with Gasteiger partial charge in [0.05, 0.1) is 5.54 Å². The van der Waals surface area contributed by atoms with Gasteiger partial charge in [-0.1, -0.05) is 129 Å². The second kappa shape index (κ2) is 18.3. The first-order valence-electron chi connectivity index (χ1n) is 13.4. The van der Waals surface area contributed by atoms with Crippen molar-refractivity contribution in [2.75, 3.05) is 6.61 Å². The predicted octanol–water partition coefficient (Wildman–Crippen LogP) is 9.41. The number of hydrogen-bond donors (Lipinski definition) is 0. The molecule has 1 heterocycles. The Hall–Kier alpha value is -0.530. The molecule has 0 N–H and O–H groups in total. The van der Waals surface area contributed by atoms with Crippen molar-refractivity contribution >= 4 is 5.90 Å². The van der Waals surface area contributed by atoms with Crippen molar-refractivity contribution in [3.63, 3.8) is 0 Å². The summed E-state index contributed by atoms with van der Waals surface area (Å²) in [4.78, 5) is 4.63. The van der Waals surface area contributed by atoms with E-state index in [1.807, 2.05) is 0 Å². The molecular formula is C27H53NO. The van der Waals surface area contributed by atoms with Gasteiger partial charge in [0.25, 0.3) is 0 Å². The molecule has 1 rings (SSSR count). The Labute approximate surface area is 183 Å². The fourth-order valence-corrected chi connectivity index (χ4v) is 4.32. The number of ether oxygens (including phenoxy) is 1. The standard InChI is InChI=1S/C27H53NO/c1-4-5-6-7-8-9-10-11-12-13-14-15-16-17-18-19-20-21-22-23-24-26-28-27(2,3)25-29-26/h4-25H2,1-3H3. The van der Waals surface area contributed by atoms with Crippen molar-refractivity contribution in [3.05, 3.63) is 0 Å². The summed E-state index contributed by atoms with van der Waals surface area (Å²) in [5.74, 6) is 0.998. The maximum atomic E-state index is 5.66. The van der Waals surface area contributed by atoms with Crippen molar-refractivity contribution in [2.24, 2.45) is 4.99 Å². The van der Waals surface area contributed by atoms with Crippen LogP contribution in [0.4, 0.5) is 0 Å². The number of nitrogens with zero attached hydrogens (tertiary/aromatic N) is 1. The molecule has 2 heteroatoms. The van der Waals surface area contributed by atoms with Crippen LogP contribution in [0.5, 0.6) is 0 Å². The quantitative estimate of drug-likeness (QED) is 0.174. The molecule has 1 aliphatic rings. The largest absolute Gasteiger partial charge is 0.478 e. The zero-order valence-electron chi connectivity index (χ0n) is 20.4. The molecule has 0 saturated heterocycles. The van der Waals surface area contributed by atoms with E-state index < -0.39 is 0 Å². The van der Waals surface area contributed by atoms with Crippen LogP contribution < -0.4 is 0 Å². The highest BCUT2D eigenvalue weighted by molar-refractivity contribution is 5.78. The van der Waals surface area contributed by atoms with Crippen molar-refractivity contribution in [2.45, 2.75) is 161 Å². The lowest BCUT2D eigenvalue weighted by Gasteiger charge is -2.07. The van der Waals surface area contributed by atoms with Crippen LogP contribution in [0.15, 0.2) is 4.99 Å². The molecule has 0 bridgehead atoms. The molecular weight excluding hydrogens is 354 g/mol. The van der Waals surface area contributed by atoms with Gasteiger partial charge in [0.2, 0.25) is 0 Å². The van der Waals surface area contributed by atoms with Gasteiger partial charge in [-0.2, -0.15) is 0 Å². The summed E-state index contributed by atoms with van der Waals surface area (Å²) < 4.78 is 5.66. The Balaban J connectivity index is 1.68. The maximum Gasteiger partial charge on any atom is 0.183 e. The van der Waals surface area contributed by atoms with Gasteiger partial charge in [0.1, 0.15) is 6.61 Å². The van der Waals surface area contributed by atoms with Crippen molar-refractivity contribution in [1.82, 2.24) is 0 Å². The Morgan fingerprint density at radius 3 is 1.24 bits per heavy atom. The Kier molecular flexibility index (Phi) is 16.7. The fourth-order valence-electron chi connectivity index (χ4n) is 4.32. The molecule has 2 nitrogen and oxygen atoms in total. The van der Waals surface area contributed by atoms with Crippen molar-refractivity contribution in [3.8, 4) is 0 Å². The molecule has 0 aliphatic carbocycles. The third kappa shape index (κ3) is 16.9. The third-order valence-corrected chi connectivity index (χ3v) is 6.26. The van der Waals surface area contributed by atoms with Crippen molar-refractivity contribution < 1.29 is 4.74 Å². The fraction of sp³-hybridized carbons (Fsp3) is 0.963. The molecule has 0 unspecified atom stereocenters. The summed E-state index contributed by atoms with van der Waals surface area (Å²) in [6.07, 6.45) is 29.7. The minimum absolute atomic E-state index is 0.0168. The second-order valence-electron chi connectivity index (χ2n) is 10.1. The van der Waals surface area contributed by atoms with Crippen LogP contribution in [0, 0.1) is 0 Å². The van der Waals surface area contributed by atoms with Crippen molar-refractivity contribution in [1.29, 1.82) is 0 Å². The molecule has 0 fully saturated rings. The number of hydrogen-bond acceptors (Lipinski definition) is 2. The monoisotopic (exact) mass is 407 g/mol. The van der Waals surface area contributed by atoms with Crippen LogP contribution in [0.2, 0.25) is 0 Å². The lowest BCUT2D eigenvalue weighted by Crippen LogP contribution is -2.17. The van der Waals surface area contributed by atoms with Crippen LogP contribution in [0.25, 0.3) is 0 Å². The zero-order chi connectivity index (χ0) is 21.0. The van der Waals surface area contributed by atoms with Gasteiger partial charge in [0.15, 0.2) is 5.90 Å². The first kappa shape index (κ1) is 26.5. The molecule has 172 valence electrons. The van der Waals surface area contributed by atoms with Gasteiger partial charge in [-0.3, -0.25) is 0 Å². The van der Waals surface area contributed by atoms with Gasteiger partial charge in [-0.25, -0.2) is 4.99 Å². The lowest BCUT2D eigenvalue weighted by atomic mass is 10.0. The molecule has 0 aromatic rings. The van der Waals surface area contributed by atoms with E-state index in [-0.39, 0.29) is 5.54 Å². The Morgan fingerprint density at radius 2 is 0.931 bits per heavy atom.